The summed E-state index contributed by atoms with van der Waals surface area (Å²) in [6.07, 6.45) is 10.2. The topological polar surface area (TPSA) is 43.8 Å². The van der Waals surface area contributed by atoms with Gasteiger partial charge in [0.05, 0.1) is 0 Å². The maximum absolute atomic E-state index is 6.20. The van der Waals surface area contributed by atoms with Gasteiger partial charge in [-0.1, -0.05) is 43.5 Å². The molecule has 3 rings (SSSR count). The summed E-state index contributed by atoms with van der Waals surface area (Å²) in [5.41, 5.74) is 8.97. The number of nitrogens with zero attached hydrogens (tertiary/aromatic N) is 2. The molecule has 0 unspecified atom stereocenters. The van der Waals surface area contributed by atoms with Crippen LogP contribution in [0.15, 0.2) is 36.7 Å². The van der Waals surface area contributed by atoms with E-state index in [2.05, 4.69) is 40.9 Å². The van der Waals surface area contributed by atoms with Gasteiger partial charge in [-0.05, 0) is 18.4 Å². The highest BCUT2D eigenvalue weighted by molar-refractivity contribution is 5.63. The molecule has 2 N–H and O–H groups in total. The minimum Gasteiger partial charge on any atom is -0.334 e. The van der Waals surface area contributed by atoms with Gasteiger partial charge in [0.2, 0.25) is 0 Å². The van der Waals surface area contributed by atoms with Gasteiger partial charge in [0.1, 0.15) is 5.82 Å². The molecular formula is C17H23N3. The fourth-order valence-corrected chi connectivity index (χ4v) is 3.58. The van der Waals surface area contributed by atoms with Crippen molar-refractivity contribution in [2.24, 2.45) is 12.8 Å². The van der Waals surface area contributed by atoms with Gasteiger partial charge < -0.3 is 10.3 Å². The van der Waals surface area contributed by atoms with Crippen LogP contribution in [0.4, 0.5) is 0 Å². The predicted molar refractivity (Wildman–Crippen MR) is 82.5 cm³/mol. The van der Waals surface area contributed by atoms with E-state index in [0.29, 0.717) is 0 Å². The highest BCUT2D eigenvalue weighted by atomic mass is 15.0. The molecule has 0 spiro atoms. The summed E-state index contributed by atoms with van der Waals surface area (Å²) in [7, 11) is 2.05. The van der Waals surface area contributed by atoms with Crippen molar-refractivity contribution in [2.45, 2.75) is 37.5 Å². The maximum Gasteiger partial charge on any atom is 0.139 e. The number of hydrogen-bond donors (Lipinski definition) is 1. The Morgan fingerprint density at radius 1 is 1.20 bits per heavy atom. The van der Waals surface area contributed by atoms with Crippen molar-refractivity contribution >= 4 is 0 Å². The first-order valence-corrected chi connectivity index (χ1v) is 7.54. The molecule has 2 aromatic rings. The third-order valence-electron chi connectivity index (χ3n) is 4.76. The molecular weight excluding hydrogens is 246 g/mol. The SMILES string of the molecule is Cn1ccnc1-c1ccccc1C1(CN)CCCCC1. The number of rotatable bonds is 3. The number of imidazole rings is 1. The van der Waals surface area contributed by atoms with Crippen LogP contribution in [0.1, 0.15) is 37.7 Å². The lowest BCUT2D eigenvalue weighted by atomic mass is 9.68. The summed E-state index contributed by atoms with van der Waals surface area (Å²) < 4.78 is 2.09. The highest BCUT2D eigenvalue weighted by Gasteiger charge is 2.34. The first kappa shape index (κ1) is 13.4. The minimum absolute atomic E-state index is 0.140. The van der Waals surface area contributed by atoms with E-state index in [1.165, 1.54) is 43.2 Å². The lowest BCUT2D eigenvalue weighted by molar-refractivity contribution is 0.301. The molecule has 3 heteroatoms. The standard InChI is InChI=1S/C17H23N3/c1-20-12-11-19-16(20)14-7-3-4-8-15(14)17(13-18)9-5-2-6-10-17/h3-4,7-8,11-12H,2,5-6,9-10,13,18H2,1H3. The molecule has 1 aliphatic rings. The van der Waals surface area contributed by atoms with Gasteiger partial charge in [-0.25, -0.2) is 4.98 Å². The Balaban J connectivity index is 2.12. The molecule has 3 nitrogen and oxygen atoms in total. The number of nitrogens with two attached hydrogens (primary N) is 1. The van der Waals surface area contributed by atoms with Crippen LogP contribution in [0, 0.1) is 0 Å². The predicted octanol–water partition coefficient (Wildman–Crippen LogP) is 3.25. The molecule has 0 atom stereocenters. The van der Waals surface area contributed by atoms with Crippen LogP contribution >= 0.6 is 0 Å². The lowest BCUT2D eigenvalue weighted by Gasteiger charge is -2.38. The van der Waals surface area contributed by atoms with Crippen LogP contribution in [-0.2, 0) is 12.5 Å². The maximum atomic E-state index is 6.20. The van der Waals surface area contributed by atoms with Crippen molar-refractivity contribution in [2.75, 3.05) is 6.54 Å². The van der Waals surface area contributed by atoms with Gasteiger partial charge in [-0.2, -0.15) is 0 Å². The summed E-state index contributed by atoms with van der Waals surface area (Å²) in [4.78, 5) is 4.53. The van der Waals surface area contributed by atoms with E-state index >= 15 is 0 Å². The molecule has 1 saturated carbocycles. The smallest absolute Gasteiger partial charge is 0.139 e. The molecule has 1 aliphatic carbocycles. The third kappa shape index (κ3) is 2.16. The fraction of sp³-hybridized carbons (Fsp3) is 0.471. The molecule has 1 heterocycles. The minimum atomic E-state index is 0.140. The number of aryl methyl sites for hydroxylation is 1. The molecule has 0 radical (unpaired) electrons. The number of hydrogen-bond acceptors (Lipinski definition) is 2. The quantitative estimate of drug-likeness (QED) is 0.929. The Morgan fingerprint density at radius 3 is 2.60 bits per heavy atom. The average molecular weight is 269 g/mol. The normalized spacial score (nSPS) is 18.1. The van der Waals surface area contributed by atoms with Crippen molar-refractivity contribution < 1.29 is 0 Å². The van der Waals surface area contributed by atoms with E-state index in [0.717, 1.165) is 12.4 Å². The molecule has 0 bridgehead atoms. The molecule has 1 aromatic heterocycles. The second-order valence-corrected chi connectivity index (χ2v) is 5.95. The number of aromatic nitrogens is 2. The van der Waals surface area contributed by atoms with Crippen molar-refractivity contribution in [3.05, 3.63) is 42.2 Å². The fourth-order valence-electron chi connectivity index (χ4n) is 3.58. The summed E-state index contributed by atoms with van der Waals surface area (Å²) in [6, 6.07) is 8.67. The second kappa shape index (κ2) is 5.41. The first-order chi connectivity index (χ1) is 9.77. The van der Waals surface area contributed by atoms with Crippen LogP contribution in [-0.4, -0.2) is 16.1 Å². The lowest BCUT2D eigenvalue weighted by Crippen LogP contribution is -2.37. The van der Waals surface area contributed by atoms with E-state index in [-0.39, 0.29) is 5.41 Å². The molecule has 1 fully saturated rings. The van der Waals surface area contributed by atoms with Crippen molar-refractivity contribution in [1.29, 1.82) is 0 Å². The Kier molecular flexibility index (Phi) is 3.62. The molecule has 0 aliphatic heterocycles. The van der Waals surface area contributed by atoms with Gasteiger partial charge in [0.25, 0.3) is 0 Å². The zero-order valence-electron chi connectivity index (χ0n) is 12.2. The summed E-state index contributed by atoms with van der Waals surface area (Å²) in [5.74, 6) is 1.04. The number of benzene rings is 1. The Hall–Kier alpha value is -1.61. The zero-order chi connectivity index (χ0) is 14.0. The Bertz CT molecular complexity index is 579. The van der Waals surface area contributed by atoms with Crippen LogP contribution < -0.4 is 5.73 Å². The van der Waals surface area contributed by atoms with E-state index < -0.39 is 0 Å². The van der Waals surface area contributed by atoms with Gasteiger partial charge in [0, 0.05) is 37.0 Å². The van der Waals surface area contributed by atoms with Crippen LogP contribution in [0.5, 0.6) is 0 Å². The van der Waals surface area contributed by atoms with Crippen molar-refractivity contribution in [1.82, 2.24) is 9.55 Å². The summed E-state index contributed by atoms with van der Waals surface area (Å²) >= 11 is 0. The summed E-state index contributed by atoms with van der Waals surface area (Å²) in [6.45, 7) is 0.731. The molecule has 0 saturated heterocycles. The van der Waals surface area contributed by atoms with Crippen molar-refractivity contribution in [3.63, 3.8) is 0 Å². The van der Waals surface area contributed by atoms with Crippen LogP contribution in [0.2, 0.25) is 0 Å². The summed E-state index contributed by atoms with van der Waals surface area (Å²) in [5, 5.41) is 0. The largest absolute Gasteiger partial charge is 0.334 e. The molecule has 1 aromatic carbocycles. The Labute approximate surface area is 120 Å². The van der Waals surface area contributed by atoms with Gasteiger partial charge in [-0.15, -0.1) is 0 Å². The zero-order valence-corrected chi connectivity index (χ0v) is 12.2. The average Bonchev–Trinajstić information content (AvgIpc) is 2.94. The van der Waals surface area contributed by atoms with Crippen LogP contribution in [0.3, 0.4) is 0 Å². The van der Waals surface area contributed by atoms with Gasteiger partial charge in [0.15, 0.2) is 0 Å². The molecule has 106 valence electrons. The van der Waals surface area contributed by atoms with Gasteiger partial charge >= 0.3 is 0 Å². The molecule has 0 amide bonds. The third-order valence-corrected chi connectivity index (χ3v) is 4.76. The van der Waals surface area contributed by atoms with E-state index in [1.54, 1.807) is 0 Å². The van der Waals surface area contributed by atoms with E-state index in [9.17, 15) is 0 Å². The second-order valence-electron chi connectivity index (χ2n) is 5.95. The van der Waals surface area contributed by atoms with E-state index in [4.69, 9.17) is 5.73 Å². The van der Waals surface area contributed by atoms with Crippen LogP contribution in [0.25, 0.3) is 11.4 Å². The highest BCUT2D eigenvalue weighted by Crippen LogP contribution is 2.42. The molecule has 20 heavy (non-hydrogen) atoms. The first-order valence-electron chi connectivity index (χ1n) is 7.54. The van der Waals surface area contributed by atoms with Crippen molar-refractivity contribution in [3.8, 4) is 11.4 Å². The Morgan fingerprint density at radius 2 is 1.95 bits per heavy atom. The van der Waals surface area contributed by atoms with E-state index in [1.807, 2.05) is 12.4 Å². The monoisotopic (exact) mass is 269 g/mol. The van der Waals surface area contributed by atoms with Gasteiger partial charge in [-0.3, -0.25) is 0 Å².